The van der Waals surface area contributed by atoms with E-state index in [-0.39, 0.29) is 0 Å². The van der Waals surface area contributed by atoms with E-state index in [2.05, 4.69) is 31.7 Å². The molecule has 0 radical (unpaired) electrons. The van der Waals surface area contributed by atoms with Gasteiger partial charge in [-0.15, -0.1) is 0 Å². The van der Waals surface area contributed by atoms with E-state index in [4.69, 9.17) is 10.7 Å². The third kappa shape index (κ3) is 5.16. The summed E-state index contributed by atoms with van der Waals surface area (Å²) in [6, 6.07) is 7.93. The van der Waals surface area contributed by atoms with Crippen LogP contribution >= 0.6 is 0 Å². The van der Waals surface area contributed by atoms with Crippen molar-refractivity contribution in [2.45, 2.75) is 45.7 Å². The molecule has 1 aliphatic rings. The lowest BCUT2D eigenvalue weighted by atomic mass is 10.0. The highest BCUT2D eigenvalue weighted by atomic mass is 15.2. The number of imidazole rings is 1. The maximum atomic E-state index is 9.41. The summed E-state index contributed by atoms with van der Waals surface area (Å²) < 4.78 is 2.15. The second kappa shape index (κ2) is 9.82. The molecule has 0 aliphatic carbocycles. The molecular formula is C24H29N7. The van der Waals surface area contributed by atoms with Gasteiger partial charge in [0, 0.05) is 37.2 Å². The van der Waals surface area contributed by atoms with Gasteiger partial charge >= 0.3 is 0 Å². The minimum atomic E-state index is 0.574. The molecule has 0 bridgehead atoms. The molecule has 1 aromatic carbocycles. The van der Waals surface area contributed by atoms with Gasteiger partial charge in [-0.2, -0.15) is 5.26 Å². The van der Waals surface area contributed by atoms with E-state index < -0.39 is 0 Å². The SMILES string of the molecule is Cc1nc(CN2CCCCC2)cn1Cc1cc(C#N)ccc1-c1ncc(CCN)cn1. The van der Waals surface area contributed by atoms with E-state index in [9.17, 15) is 5.26 Å². The van der Waals surface area contributed by atoms with Crippen LogP contribution in [0.15, 0.2) is 36.8 Å². The van der Waals surface area contributed by atoms with Crippen molar-refractivity contribution in [2.24, 2.45) is 5.73 Å². The van der Waals surface area contributed by atoms with Crippen LogP contribution in [0.5, 0.6) is 0 Å². The van der Waals surface area contributed by atoms with Crippen LogP contribution in [-0.2, 0) is 19.5 Å². The molecule has 0 atom stereocenters. The lowest BCUT2D eigenvalue weighted by Crippen LogP contribution is -2.29. The molecule has 0 spiro atoms. The Morgan fingerprint density at radius 2 is 1.87 bits per heavy atom. The molecule has 3 aromatic rings. The van der Waals surface area contributed by atoms with Gasteiger partial charge in [-0.1, -0.05) is 6.42 Å². The lowest BCUT2D eigenvalue weighted by molar-refractivity contribution is 0.218. The van der Waals surface area contributed by atoms with Crippen molar-refractivity contribution in [2.75, 3.05) is 19.6 Å². The van der Waals surface area contributed by atoms with Crippen LogP contribution < -0.4 is 5.73 Å². The van der Waals surface area contributed by atoms with Crippen molar-refractivity contribution in [3.63, 3.8) is 0 Å². The van der Waals surface area contributed by atoms with Gasteiger partial charge in [-0.05, 0) is 75.1 Å². The smallest absolute Gasteiger partial charge is 0.159 e. The fourth-order valence-electron chi connectivity index (χ4n) is 4.14. The summed E-state index contributed by atoms with van der Waals surface area (Å²) >= 11 is 0. The maximum absolute atomic E-state index is 9.41. The molecule has 3 heterocycles. The normalized spacial score (nSPS) is 14.5. The Morgan fingerprint density at radius 1 is 1.10 bits per heavy atom. The van der Waals surface area contributed by atoms with E-state index in [1.165, 1.54) is 19.3 Å². The molecule has 160 valence electrons. The van der Waals surface area contributed by atoms with Crippen LogP contribution in [-0.4, -0.2) is 44.1 Å². The summed E-state index contributed by atoms with van der Waals surface area (Å²) in [4.78, 5) is 16.4. The number of nitrogens with two attached hydrogens (primary N) is 1. The molecule has 4 rings (SSSR count). The summed E-state index contributed by atoms with van der Waals surface area (Å²) in [6.07, 6.45) is 10.4. The van der Waals surface area contributed by atoms with Crippen LogP contribution in [0.2, 0.25) is 0 Å². The zero-order chi connectivity index (χ0) is 21.6. The highest BCUT2D eigenvalue weighted by Gasteiger charge is 2.15. The van der Waals surface area contributed by atoms with Crippen LogP contribution in [0, 0.1) is 18.3 Å². The molecule has 0 amide bonds. The fraction of sp³-hybridized carbons (Fsp3) is 0.417. The van der Waals surface area contributed by atoms with Crippen LogP contribution in [0.1, 0.15) is 47.5 Å². The van der Waals surface area contributed by atoms with Gasteiger partial charge in [-0.3, -0.25) is 4.90 Å². The Labute approximate surface area is 183 Å². The number of hydrogen-bond acceptors (Lipinski definition) is 6. The first-order valence-electron chi connectivity index (χ1n) is 11.0. The Hall–Kier alpha value is -3.08. The van der Waals surface area contributed by atoms with E-state index in [0.717, 1.165) is 54.3 Å². The summed E-state index contributed by atoms with van der Waals surface area (Å²) in [5.41, 5.74) is 10.3. The van der Waals surface area contributed by atoms with Gasteiger partial charge in [-0.25, -0.2) is 15.0 Å². The predicted molar refractivity (Wildman–Crippen MR) is 120 cm³/mol. The number of piperidine rings is 1. The van der Waals surface area contributed by atoms with E-state index in [1.54, 1.807) is 0 Å². The van der Waals surface area contributed by atoms with Gasteiger partial charge < -0.3 is 10.3 Å². The first kappa shape index (κ1) is 21.2. The largest absolute Gasteiger partial charge is 0.330 e. The average Bonchev–Trinajstić information content (AvgIpc) is 3.13. The predicted octanol–water partition coefficient (Wildman–Crippen LogP) is 3.06. The van der Waals surface area contributed by atoms with Crippen molar-refractivity contribution < 1.29 is 0 Å². The van der Waals surface area contributed by atoms with Crippen molar-refractivity contribution in [1.82, 2.24) is 24.4 Å². The summed E-state index contributed by atoms with van der Waals surface area (Å²) in [6.45, 7) is 6.42. The van der Waals surface area contributed by atoms with Gasteiger partial charge in [0.05, 0.1) is 17.3 Å². The van der Waals surface area contributed by atoms with Crippen LogP contribution in [0.25, 0.3) is 11.4 Å². The lowest BCUT2D eigenvalue weighted by Gasteiger charge is -2.25. The third-order valence-electron chi connectivity index (χ3n) is 5.81. The minimum absolute atomic E-state index is 0.574. The number of nitriles is 1. The summed E-state index contributed by atoms with van der Waals surface area (Å²) in [5.74, 6) is 1.63. The van der Waals surface area contributed by atoms with Crippen molar-refractivity contribution in [3.8, 4) is 17.5 Å². The molecule has 2 aromatic heterocycles. The number of rotatable bonds is 7. The van der Waals surface area contributed by atoms with E-state index in [0.29, 0.717) is 24.5 Å². The monoisotopic (exact) mass is 415 g/mol. The highest BCUT2D eigenvalue weighted by Crippen LogP contribution is 2.24. The molecule has 7 heteroatoms. The summed E-state index contributed by atoms with van der Waals surface area (Å²) in [7, 11) is 0. The van der Waals surface area contributed by atoms with Gasteiger partial charge in [0.1, 0.15) is 5.82 Å². The molecule has 1 fully saturated rings. The molecule has 7 nitrogen and oxygen atoms in total. The van der Waals surface area contributed by atoms with Gasteiger partial charge in [0.25, 0.3) is 0 Å². The Bertz CT molecular complexity index is 1060. The zero-order valence-corrected chi connectivity index (χ0v) is 18.1. The second-order valence-electron chi connectivity index (χ2n) is 8.18. The average molecular weight is 416 g/mol. The number of benzene rings is 1. The topological polar surface area (TPSA) is 96.7 Å². The molecular weight excluding hydrogens is 386 g/mol. The molecule has 31 heavy (non-hydrogen) atoms. The molecule has 0 unspecified atom stereocenters. The fourth-order valence-corrected chi connectivity index (χ4v) is 4.14. The molecule has 1 saturated heterocycles. The van der Waals surface area contributed by atoms with Crippen LogP contribution in [0.3, 0.4) is 0 Å². The minimum Gasteiger partial charge on any atom is -0.330 e. The Morgan fingerprint density at radius 3 is 2.58 bits per heavy atom. The molecule has 0 saturated carbocycles. The number of aromatic nitrogens is 4. The number of aryl methyl sites for hydroxylation is 1. The first-order chi connectivity index (χ1) is 15.2. The Balaban J connectivity index is 1.59. The quantitative estimate of drug-likeness (QED) is 0.637. The molecule has 1 aliphatic heterocycles. The zero-order valence-electron chi connectivity index (χ0n) is 18.1. The van der Waals surface area contributed by atoms with E-state index >= 15 is 0 Å². The number of nitrogens with zero attached hydrogens (tertiary/aromatic N) is 6. The maximum Gasteiger partial charge on any atom is 0.159 e. The standard InChI is InChI=1S/C24H29N7/c1-18-29-22(16-30-9-3-2-4-10-30)17-31(18)15-21-11-19(12-26)5-6-23(21)24-27-13-20(7-8-25)14-28-24/h5-6,11,13-14,17H,2-4,7-10,15-16,25H2,1H3. The molecule has 2 N–H and O–H groups in total. The second-order valence-corrected chi connectivity index (χ2v) is 8.18. The Kier molecular flexibility index (Phi) is 6.70. The summed E-state index contributed by atoms with van der Waals surface area (Å²) in [5, 5.41) is 9.41. The van der Waals surface area contributed by atoms with Gasteiger partial charge in [0.2, 0.25) is 0 Å². The van der Waals surface area contributed by atoms with Crippen molar-refractivity contribution in [3.05, 3.63) is 65.0 Å². The number of hydrogen-bond donors (Lipinski definition) is 1. The van der Waals surface area contributed by atoms with E-state index in [1.807, 2.05) is 37.5 Å². The van der Waals surface area contributed by atoms with Gasteiger partial charge in [0.15, 0.2) is 5.82 Å². The van der Waals surface area contributed by atoms with Crippen LogP contribution in [0.4, 0.5) is 0 Å². The highest BCUT2D eigenvalue weighted by molar-refractivity contribution is 5.62. The first-order valence-corrected chi connectivity index (χ1v) is 11.0. The van der Waals surface area contributed by atoms with Crippen molar-refractivity contribution >= 4 is 0 Å². The van der Waals surface area contributed by atoms with Crippen molar-refractivity contribution in [1.29, 1.82) is 5.26 Å². The third-order valence-corrected chi connectivity index (χ3v) is 5.81. The number of likely N-dealkylation sites (tertiary alicyclic amines) is 1.